The topological polar surface area (TPSA) is 66.6 Å². The molecule has 1 aliphatic carbocycles. The van der Waals surface area contributed by atoms with E-state index in [-0.39, 0.29) is 28.3 Å². The zero-order valence-electron chi connectivity index (χ0n) is 20.7. The lowest BCUT2D eigenvalue weighted by Gasteiger charge is -2.42. The van der Waals surface area contributed by atoms with Crippen molar-refractivity contribution in [2.75, 3.05) is 32.7 Å². The Balaban J connectivity index is 1.24. The molecule has 3 fully saturated rings. The Bertz CT molecular complexity index is 1070. The minimum Gasteiger partial charge on any atom is -0.369 e. The maximum Gasteiger partial charge on any atom is 0.258 e. The van der Waals surface area contributed by atoms with Crippen molar-refractivity contribution in [3.8, 4) is 0 Å². The molecule has 5 nitrogen and oxygen atoms in total. The molecule has 1 saturated carbocycles. The van der Waals surface area contributed by atoms with Gasteiger partial charge < -0.3 is 15.5 Å². The van der Waals surface area contributed by atoms with Crippen molar-refractivity contribution in [3.63, 3.8) is 0 Å². The molecule has 5 rings (SSSR count). The zero-order valence-corrected chi connectivity index (χ0v) is 21.4. The van der Waals surface area contributed by atoms with Crippen molar-refractivity contribution in [1.29, 1.82) is 0 Å². The van der Waals surface area contributed by atoms with Crippen LogP contribution in [0.4, 0.5) is 4.39 Å². The number of carbonyl (C=O) groups excluding carboxylic acids is 2. The molecular weight excluding hydrogens is 477 g/mol. The van der Waals surface area contributed by atoms with Gasteiger partial charge in [-0.05, 0) is 61.3 Å². The minimum atomic E-state index is -0.566. The van der Waals surface area contributed by atoms with Gasteiger partial charge in [0.15, 0.2) is 0 Å². The second-order valence-corrected chi connectivity index (χ2v) is 11.3. The number of halogens is 2. The summed E-state index contributed by atoms with van der Waals surface area (Å²) in [6.07, 6.45) is 5.89. The maximum atomic E-state index is 14.3. The number of benzene rings is 2. The van der Waals surface area contributed by atoms with E-state index in [0.29, 0.717) is 24.9 Å². The number of likely N-dealkylation sites (tertiary alicyclic amines) is 2. The summed E-state index contributed by atoms with van der Waals surface area (Å²) in [4.78, 5) is 30.1. The van der Waals surface area contributed by atoms with Crippen LogP contribution in [0.15, 0.2) is 48.5 Å². The van der Waals surface area contributed by atoms with Gasteiger partial charge in [0.2, 0.25) is 5.91 Å². The fourth-order valence-electron chi connectivity index (χ4n) is 7.01. The standard InChI is InChI=1S/C29H35ClFN3O2/c30-24-10-7-11-25(31)26(24)27(35)34-18-21-16-33(17-22(21)19-34)15-12-23(20-8-3-1-4-9-20)29(28(32)36)13-5-2-6-14-29/h1,3-4,7-11,21-23H,2,5-6,12-19H2,(H2,32,36)/t21?,22?,23-/m0/s1. The highest BCUT2D eigenvalue weighted by atomic mass is 35.5. The van der Waals surface area contributed by atoms with E-state index < -0.39 is 11.2 Å². The SMILES string of the molecule is NC(=O)C1([C@@H](CCN2CC3CN(C(=O)c4c(F)cccc4Cl)CC3C2)c2ccccc2)CCCCC1. The van der Waals surface area contributed by atoms with Gasteiger partial charge in [-0.15, -0.1) is 0 Å². The number of primary amides is 1. The number of rotatable bonds is 7. The number of hydrogen-bond acceptors (Lipinski definition) is 3. The van der Waals surface area contributed by atoms with E-state index in [9.17, 15) is 14.0 Å². The number of amides is 2. The summed E-state index contributed by atoms with van der Waals surface area (Å²) in [7, 11) is 0. The van der Waals surface area contributed by atoms with E-state index in [0.717, 1.165) is 51.7 Å². The maximum absolute atomic E-state index is 14.3. The number of hydrogen-bond donors (Lipinski definition) is 1. The van der Waals surface area contributed by atoms with Crippen LogP contribution in [0.3, 0.4) is 0 Å². The Labute approximate surface area is 217 Å². The van der Waals surface area contributed by atoms with Crippen molar-refractivity contribution >= 4 is 23.4 Å². The smallest absolute Gasteiger partial charge is 0.258 e. The fourth-order valence-corrected chi connectivity index (χ4v) is 7.25. The van der Waals surface area contributed by atoms with E-state index >= 15 is 0 Å². The third-order valence-electron chi connectivity index (χ3n) is 8.87. The van der Waals surface area contributed by atoms with Gasteiger partial charge in [0.25, 0.3) is 5.91 Å². The van der Waals surface area contributed by atoms with Crippen molar-refractivity contribution in [2.24, 2.45) is 23.0 Å². The summed E-state index contributed by atoms with van der Waals surface area (Å²) in [6.45, 7) is 3.96. The monoisotopic (exact) mass is 511 g/mol. The van der Waals surface area contributed by atoms with Gasteiger partial charge in [-0.1, -0.05) is 67.3 Å². The van der Waals surface area contributed by atoms with Crippen molar-refractivity contribution in [2.45, 2.75) is 44.4 Å². The molecule has 0 spiro atoms. The van der Waals surface area contributed by atoms with Gasteiger partial charge in [-0.3, -0.25) is 9.59 Å². The first-order valence-electron chi connectivity index (χ1n) is 13.2. The normalized spacial score (nSPS) is 24.4. The quantitative estimate of drug-likeness (QED) is 0.563. The van der Waals surface area contributed by atoms with Crippen molar-refractivity contribution < 1.29 is 14.0 Å². The molecule has 2 saturated heterocycles. The number of nitrogens with zero attached hydrogens (tertiary/aromatic N) is 2. The summed E-state index contributed by atoms with van der Waals surface area (Å²) < 4.78 is 14.3. The second kappa shape index (κ2) is 10.5. The van der Waals surface area contributed by atoms with Gasteiger partial charge in [-0.25, -0.2) is 4.39 Å². The third kappa shape index (κ3) is 4.78. The van der Waals surface area contributed by atoms with Crippen molar-refractivity contribution in [1.82, 2.24) is 9.80 Å². The zero-order chi connectivity index (χ0) is 25.3. The molecule has 3 atom stereocenters. The number of carbonyl (C=O) groups is 2. The van der Waals surface area contributed by atoms with Crippen LogP contribution < -0.4 is 5.73 Å². The van der Waals surface area contributed by atoms with E-state index in [1.54, 1.807) is 11.0 Å². The van der Waals surface area contributed by atoms with Gasteiger partial charge in [0, 0.05) is 26.2 Å². The van der Waals surface area contributed by atoms with E-state index in [2.05, 4.69) is 17.0 Å². The average Bonchev–Trinajstić information content (AvgIpc) is 3.44. The Morgan fingerprint density at radius 1 is 0.972 bits per heavy atom. The van der Waals surface area contributed by atoms with Crippen LogP contribution in [0, 0.1) is 23.1 Å². The minimum absolute atomic E-state index is 0.0223. The summed E-state index contributed by atoms with van der Waals surface area (Å²) >= 11 is 6.14. The number of nitrogens with two attached hydrogens (primary N) is 1. The molecule has 2 aliphatic heterocycles. The van der Waals surface area contributed by atoms with Crippen LogP contribution in [0.2, 0.25) is 5.02 Å². The van der Waals surface area contributed by atoms with E-state index in [1.807, 2.05) is 18.2 Å². The molecule has 2 N–H and O–H groups in total. The summed E-state index contributed by atoms with van der Waals surface area (Å²) in [6, 6.07) is 14.8. The Kier molecular flexibility index (Phi) is 7.36. The van der Waals surface area contributed by atoms with Crippen LogP contribution in [0.25, 0.3) is 0 Å². The highest BCUT2D eigenvalue weighted by Crippen LogP contribution is 2.49. The molecule has 7 heteroatoms. The lowest BCUT2D eigenvalue weighted by molar-refractivity contribution is -0.131. The Hall–Kier alpha value is -2.44. The predicted molar refractivity (Wildman–Crippen MR) is 139 cm³/mol. The lowest BCUT2D eigenvalue weighted by Crippen LogP contribution is -2.44. The molecule has 2 aromatic rings. The molecule has 2 aromatic carbocycles. The van der Waals surface area contributed by atoms with Crippen LogP contribution in [-0.4, -0.2) is 54.3 Å². The molecule has 0 bridgehead atoms. The van der Waals surface area contributed by atoms with Gasteiger partial charge in [0.1, 0.15) is 5.82 Å². The highest BCUT2D eigenvalue weighted by molar-refractivity contribution is 6.33. The highest BCUT2D eigenvalue weighted by Gasteiger charge is 2.46. The van der Waals surface area contributed by atoms with Gasteiger partial charge in [-0.2, -0.15) is 0 Å². The van der Waals surface area contributed by atoms with E-state index in [1.165, 1.54) is 24.1 Å². The molecule has 192 valence electrons. The lowest BCUT2D eigenvalue weighted by atomic mass is 9.62. The largest absolute Gasteiger partial charge is 0.369 e. The van der Waals surface area contributed by atoms with Gasteiger partial charge in [0.05, 0.1) is 16.0 Å². The first kappa shape index (κ1) is 25.2. The second-order valence-electron chi connectivity index (χ2n) is 10.9. The Morgan fingerprint density at radius 3 is 2.25 bits per heavy atom. The Morgan fingerprint density at radius 2 is 1.64 bits per heavy atom. The number of fused-ring (bicyclic) bond motifs is 1. The molecular formula is C29H35ClFN3O2. The van der Waals surface area contributed by atoms with Crippen LogP contribution >= 0.6 is 11.6 Å². The fraction of sp³-hybridized carbons (Fsp3) is 0.517. The molecule has 36 heavy (non-hydrogen) atoms. The summed E-state index contributed by atoms with van der Waals surface area (Å²) in [5.41, 5.74) is 6.79. The van der Waals surface area contributed by atoms with Crippen LogP contribution in [0.5, 0.6) is 0 Å². The third-order valence-corrected chi connectivity index (χ3v) is 9.18. The summed E-state index contributed by atoms with van der Waals surface area (Å²) in [5, 5.41) is 0.164. The molecule has 2 heterocycles. The molecule has 2 amide bonds. The molecule has 0 aromatic heterocycles. The molecule has 3 aliphatic rings. The van der Waals surface area contributed by atoms with Gasteiger partial charge >= 0.3 is 0 Å². The van der Waals surface area contributed by atoms with Crippen LogP contribution in [0.1, 0.15) is 60.4 Å². The molecule has 0 radical (unpaired) electrons. The first-order chi connectivity index (χ1) is 17.4. The van der Waals surface area contributed by atoms with Crippen molar-refractivity contribution in [3.05, 3.63) is 70.5 Å². The van der Waals surface area contributed by atoms with E-state index in [4.69, 9.17) is 17.3 Å². The summed E-state index contributed by atoms with van der Waals surface area (Å²) in [5.74, 6) is -0.189. The van der Waals surface area contributed by atoms with Crippen LogP contribution in [-0.2, 0) is 4.79 Å². The molecule has 2 unspecified atom stereocenters. The predicted octanol–water partition coefficient (Wildman–Crippen LogP) is 5.09. The average molecular weight is 512 g/mol. The first-order valence-corrected chi connectivity index (χ1v) is 13.6.